The van der Waals surface area contributed by atoms with Crippen molar-refractivity contribution in [1.29, 1.82) is 0 Å². The topological polar surface area (TPSA) is 41.6 Å². The SMILES string of the molecule is COc1ccc(C)cc1NC(=O)CN1CCCSc2ccccc21. The number of nitrogens with one attached hydrogen (secondary N) is 1. The Labute approximate surface area is 147 Å². The predicted molar refractivity (Wildman–Crippen MR) is 100 cm³/mol. The van der Waals surface area contributed by atoms with Crippen molar-refractivity contribution in [3.05, 3.63) is 48.0 Å². The lowest BCUT2D eigenvalue weighted by Crippen LogP contribution is -2.34. The lowest BCUT2D eigenvalue weighted by Gasteiger charge is -2.24. The number of rotatable bonds is 4. The van der Waals surface area contributed by atoms with Crippen LogP contribution in [0.25, 0.3) is 0 Å². The van der Waals surface area contributed by atoms with Crippen LogP contribution in [0, 0.1) is 6.92 Å². The highest BCUT2D eigenvalue weighted by Gasteiger charge is 2.18. The Kier molecular flexibility index (Phi) is 5.30. The van der Waals surface area contributed by atoms with Gasteiger partial charge in [0.1, 0.15) is 5.75 Å². The summed E-state index contributed by atoms with van der Waals surface area (Å²) < 4.78 is 5.34. The Morgan fingerprint density at radius 1 is 1.29 bits per heavy atom. The third kappa shape index (κ3) is 3.85. The summed E-state index contributed by atoms with van der Waals surface area (Å²) in [5, 5.41) is 2.99. The molecule has 0 spiro atoms. The van der Waals surface area contributed by atoms with Crippen molar-refractivity contribution >= 4 is 29.0 Å². The summed E-state index contributed by atoms with van der Waals surface area (Å²) in [6.07, 6.45) is 1.07. The van der Waals surface area contributed by atoms with E-state index in [2.05, 4.69) is 22.3 Å². The van der Waals surface area contributed by atoms with Gasteiger partial charge < -0.3 is 15.0 Å². The Hall–Kier alpha value is -2.14. The number of carbonyl (C=O) groups is 1. The minimum absolute atomic E-state index is 0.0272. The van der Waals surface area contributed by atoms with E-state index < -0.39 is 0 Å². The number of carbonyl (C=O) groups excluding carboxylic acids is 1. The second kappa shape index (κ2) is 7.62. The fourth-order valence-corrected chi connectivity index (χ4v) is 3.86. The first-order chi connectivity index (χ1) is 11.7. The summed E-state index contributed by atoms with van der Waals surface area (Å²) in [5.41, 5.74) is 2.95. The molecule has 1 heterocycles. The lowest BCUT2D eigenvalue weighted by molar-refractivity contribution is -0.115. The third-order valence-corrected chi connectivity index (χ3v) is 5.15. The first-order valence-electron chi connectivity index (χ1n) is 8.08. The highest BCUT2D eigenvalue weighted by molar-refractivity contribution is 7.99. The Bertz CT molecular complexity index is 733. The molecule has 0 fully saturated rings. The molecule has 126 valence electrons. The first-order valence-corrected chi connectivity index (χ1v) is 9.07. The van der Waals surface area contributed by atoms with E-state index in [4.69, 9.17) is 4.74 Å². The molecule has 2 aromatic rings. The summed E-state index contributed by atoms with van der Waals surface area (Å²) in [5.74, 6) is 1.74. The normalized spacial score (nSPS) is 13.8. The van der Waals surface area contributed by atoms with Gasteiger partial charge in [0.25, 0.3) is 0 Å². The molecule has 1 N–H and O–H groups in total. The van der Waals surface area contributed by atoms with Gasteiger partial charge >= 0.3 is 0 Å². The smallest absolute Gasteiger partial charge is 0.243 e. The molecule has 0 radical (unpaired) electrons. The number of para-hydroxylation sites is 1. The molecule has 1 amide bonds. The Morgan fingerprint density at radius 2 is 2.12 bits per heavy atom. The molecule has 3 rings (SSSR count). The van der Waals surface area contributed by atoms with Crippen molar-refractivity contribution in [2.24, 2.45) is 0 Å². The summed E-state index contributed by atoms with van der Waals surface area (Å²) in [6, 6.07) is 14.1. The van der Waals surface area contributed by atoms with E-state index in [1.165, 1.54) is 4.90 Å². The number of ether oxygens (including phenoxy) is 1. The van der Waals surface area contributed by atoms with Gasteiger partial charge in [-0.15, -0.1) is 11.8 Å². The molecule has 1 aliphatic heterocycles. The molecule has 0 unspecified atom stereocenters. The van der Waals surface area contributed by atoms with Crippen LogP contribution < -0.4 is 15.0 Å². The fraction of sp³-hybridized carbons (Fsp3) is 0.316. The number of hydrogen-bond donors (Lipinski definition) is 1. The standard InChI is InChI=1S/C19H22N2O2S/c1-14-8-9-17(23-2)15(12-14)20-19(22)13-21-10-5-11-24-18-7-4-3-6-16(18)21/h3-4,6-9,12H,5,10-11,13H2,1-2H3,(H,20,22). The molecule has 4 nitrogen and oxygen atoms in total. The molecule has 0 bridgehead atoms. The number of anilines is 2. The zero-order chi connectivity index (χ0) is 16.9. The van der Waals surface area contributed by atoms with Gasteiger partial charge in [0.2, 0.25) is 5.91 Å². The van der Waals surface area contributed by atoms with Crippen LogP contribution >= 0.6 is 11.8 Å². The summed E-state index contributed by atoms with van der Waals surface area (Å²) >= 11 is 1.86. The van der Waals surface area contributed by atoms with Gasteiger partial charge in [-0.2, -0.15) is 0 Å². The number of thioether (sulfide) groups is 1. The molecule has 1 aliphatic rings. The van der Waals surface area contributed by atoms with Crippen LogP contribution in [0.4, 0.5) is 11.4 Å². The highest BCUT2D eigenvalue weighted by Crippen LogP contribution is 2.33. The van der Waals surface area contributed by atoms with Crippen molar-refractivity contribution in [2.45, 2.75) is 18.2 Å². The van der Waals surface area contributed by atoms with E-state index in [1.54, 1.807) is 7.11 Å². The summed E-state index contributed by atoms with van der Waals surface area (Å²) in [6.45, 7) is 3.23. The van der Waals surface area contributed by atoms with Crippen LogP contribution in [-0.4, -0.2) is 31.9 Å². The van der Waals surface area contributed by atoms with Crippen LogP contribution in [0.2, 0.25) is 0 Å². The fourth-order valence-electron chi connectivity index (χ4n) is 2.85. The minimum atomic E-state index is -0.0272. The van der Waals surface area contributed by atoms with E-state index in [9.17, 15) is 4.79 Å². The molecular formula is C19H22N2O2S. The zero-order valence-electron chi connectivity index (χ0n) is 14.0. The number of nitrogens with zero attached hydrogens (tertiary/aromatic N) is 1. The second-order valence-corrected chi connectivity index (χ2v) is 6.98. The van der Waals surface area contributed by atoms with Crippen molar-refractivity contribution < 1.29 is 9.53 Å². The van der Waals surface area contributed by atoms with Gasteiger partial charge in [-0.05, 0) is 48.9 Å². The molecular weight excluding hydrogens is 320 g/mol. The van der Waals surface area contributed by atoms with Gasteiger partial charge in [-0.25, -0.2) is 0 Å². The van der Waals surface area contributed by atoms with Crippen molar-refractivity contribution in [2.75, 3.05) is 36.2 Å². The Balaban J connectivity index is 1.75. The van der Waals surface area contributed by atoms with E-state index >= 15 is 0 Å². The van der Waals surface area contributed by atoms with Crippen LogP contribution in [-0.2, 0) is 4.79 Å². The lowest BCUT2D eigenvalue weighted by atomic mass is 10.2. The Morgan fingerprint density at radius 3 is 2.96 bits per heavy atom. The van der Waals surface area contributed by atoms with Gasteiger partial charge in [0.05, 0.1) is 25.0 Å². The average Bonchev–Trinajstić information content (AvgIpc) is 2.78. The van der Waals surface area contributed by atoms with Crippen LogP contribution in [0.3, 0.4) is 0 Å². The summed E-state index contributed by atoms with van der Waals surface area (Å²) in [4.78, 5) is 16.0. The van der Waals surface area contributed by atoms with Crippen LogP contribution in [0.15, 0.2) is 47.4 Å². The van der Waals surface area contributed by atoms with Crippen molar-refractivity contribution in [3.8, 4) is 5.75 Å². The first kappa shape index (κ1) is 16.7. The number of aryl methyl sites for hydroxylation is 1. The molecule has 0 aliphatic carbocycles. The zero-order valence-corrected chi connectivity index (χ0v) is 14.9. The van der Waals surface area contributed by atoms with E-state index in [-0.39, 0.29) is 5.91 Å². The van der Waals surface area contributed by atoms with Crippen molar-refractivity contribution in [1.82, 2.24) is 0 Å². The van der Waals surface area contributed by atoms with E-state index in [0.717, 1.165) is 35.7 Å². The van der Waals surface area contributed by atoms with Gasteiger partial charge in [0, 0.05) is 11.4 Å². The molecule has 0 saturated heterocycles. The number of hydrogen-bond acceptors (Lipinski definition) is 4. The molecule has 24 heavy (non-hydrogen) atoms. The van der Waals surface area contributed by atoms with E-state index in [1.807, 2.05) is 49.0 Å². The summed E-state index contributed by atoms with van der Waals surface area (Å²) in [7, 11) is 1.61. The van der Waals surface area contributed by atoms with Gasteiger partial charge in [-0.1, -0.05) is 18.2 Å². The number of methoxy groups -OCH3 is 1. The maximum absolute atomic E-state index is 12.6. The second-order valence-electron chi connectivity index (χ2n) is 5.84. The van der Waals surface area contributed by atoms with Crippen LogP contribution in [0.5, 0.6) is 5.75 Å². The largest absolute Gasteiger partial charge is 0.495 e. The van der Waals surface area contributed by atoms with Gasteiger partial charge in [0.15, 0.2) is 0 Å². The molecule has 0 atom stereocenters. The monoisotopic (exact) mass is 342 g/mol. The average molecular weight is 342 g/mol. The predicted octanol–water partition coefficient (Wildman–Crippen LogP) is 3.94. The molecule has 0 saturated carbocycles. The number of amides is 1. The molecule has 0 aromatic heterocycles. The van der Waals surface area contributed by atoms with Crippen LogP contribution in [0.1, 0.15) is 12.0 Å². The maximum atomic E-state index is 12.6. The van der Waals surface area contributed by atoms with Gasteiger partial charge in [-0.3, -0.25) is 4.79 Å². The van der Waals surface area contributed by atoms with E-state index in [0.29, 0.717) is 12.3 Å². The number of fused-ring (bicyclic) bond motifs is 1. The molecule has 5 heteroatoms. The number of benzene rings is 2. The third-order valence-electron chi connectivity index (χ3n) is 4.00. The molecule has 2 aromatic carbocycles. The quantitative estimate of drug-likeness (QED) is 0.914. The van der Waals surface area contributed by atoms with Crippen molar-refractivity contribution in [3.63, 3.8) is 0 Å². The highest BCUT2D eigenvalue weighted by atomic mass is 32.2. The minimum Gasteiger partial charge on any atom is -0.495 e. The maximum Gasteiger partial charge on any atom is 0.243 e.